The number of nitrogens with one attached hydrogen (secondary N) is 1. The van der Waals surface area contributed by atoms with Crippen molar-refractivity contribution in [2.24, 2.45) is 5.41 Å². The molecule has 17 heavy (non-hydrogen) atoms. The summed E-state index contributed by atoms with van der Waals surface area (Å²) in [4.78, 5) is 15.2. The second-order valence-corrected chi connectivity index (χ2v) is 5.26. The van der Waals surface area contributed by atoms with Crippen LogP contribution in [0, 0.1) is 5.41 Å². The lowest BCUT2D eigenvalue weighted by molar-refractivity contribution is -0.151. The molecule has 0 aliphatic carbocycles. The number of hydrogen-bond donors (Lipinski definition) is 2. The van der Waals surface area contributed by atoms with E-state index in [1.54, 1.807) is 26.2 Å². The molecule has 2 N–H and O–H groups in total. The van der Waals surface area contributed by atoms with Gasteiger partial charge in [-0.15, -0.1) is 0 Å². The molecule has 0 amide bonds. The maximum absolute atomic E-state index is 11.2. The first-order chi connectivity index (χ1) is 7.77. The third-order valence-electron chi connectivity index (χ3n) is 3.58. The maximum atomic E-state index is 11.2. The number of carboxylic acids is 1. The zero-order chi connectivity index (χ0) is 13.1. The van der Waals surface area contributed by atoms with Gasteiger partial charge in [-0.2, -0.15) is 0 Å². The molecule has 0 radical (unpaired) electrons. The van der Waals surface area contributed by atoms with Crippen molar-refractivity contribution in [2.75, 3.05) is 0 Å². The van der Waals surface area contributed by atoms with Gasteiger partial charge in [-0.05, 0) is 45.4 Å². The predicted molar refractivity (Wildman–Crippen MR) is 66.6 cm³/mol. The van der Waals surface area contributed by atoms with E-state index in [1.807, 2.05) is 26.0 Å². The second-order valence-electron chi connectivity index (χ2n) is 5.26. The van der Waals surface area contributed by atoms with Crippen LogP contribution < -0.4 is 5.32 Å². The van der Waals surface area contributed by atoms with Crippen LogP contribution in [0.1, 0.15) is 33.3 Å². The summed E-state index contributed by atoms with van der Waals surface area (Å²) in [6, 6.07) is 3.83. The molecule has 0 aromatic carbocycles. The van der Waals surface area contributed by atoms with Crippen LogP contribution in [-0.2, 0) is 11.3 Å². The van der Waals surface area contributed by atoms with Crippen LogP contribution in [0.25, 0.3) is 0 Å². The van der Waals surface area contributed by atoms with Gasteiger partial charge in [-0.1, -0.05) is 0 Å². The predicted octanol–water partition coefficient (Wildman–Crippen LogP) is 2.06. The van der Waals surface area contributed by atoms with Crippen LogP contribution in [0.4, 0.5) is 0 Å². The van der Waals surface area contributed by atoms with E-state index in [-0.39, 0.29) is 0 Å². The summed E-state index contributed by atoms with van der Waals surface area (Å²) in [5.41, 5.74) is -0.239. The van der Waals surface area contributed by atoms with E-state index in [2.05, 4.69) is 10.3 Å². The summed E-state index contributed by atoms with van der Waals surface area (Å²) < 4.78 is 0. The van der Waals surface area contributed by atoms with E-state index < -0.39 is 16.9 Å². The number of hydrogen-bond acceptors (Lipinski definition) is 3. The molecule has 0 saturated heterocycles. The van der Waals surface area contributed by atoms with Gasteiger partial charge in [0.1, 0.15) is 0 Å². The molecular formula is C13H20N2O2. The quantitative estimate of drug-likeness (QED) is 0.821. The van der Waals surface area contributed by atoms with Crippen LogP contribution in [0.5, 0.6) is 0 Å². The van der Waals surface area contributed by atoms with E-state index in [4.69, 9.17) is 0 Å². The van der Waals surface area contributed by atoms with Crippen molar-refractivity contribution in [3.05, 3.63) is 30.1 Å². The minimum atomic E-state index is -0.833. The molecule has 0 saturated carbocycles. The summed E-state index contributed by atoms with van der Waals surface area (Å²) in [6.07, 6.45) is 3.46. The van der Waals surface area contributed by atoms with Gasteiger partial charge in [0, 0.05) is 24.5 Å². The van der Waals surface area contributed by atoms with E-state index in [9.17, 15) is 9.90 Å². The highest BCUT2D eigenvalue weighted by Crippen LogP contribution is 2.30. The number of aromatic nitrogens is 1. The number of rotatable bonds is 5. The van der Waals surface area contributed by atoms with Crippen molar-refractivity contribution >= 4 is 5.97 Å². The Balaban J connectivity index is 2.71. The van der Waals surface area contributed by atoms with E-state index in [0.717, 1.165) is 5.56 Å². The van der Waals surface area contributed by atoms with Crippen LogP contribution in [0.3, 0.4) is 0 Å². The molecule has 1 aromatic heterocycles. The Hall–Kier alpha value is -1.42. The molecule has 94 valence electrons. The molecule has 0 fully saturated rings. The van der Waals surface area contributed by atoms with E-state index in [1.165, 1.54) is 0 Å². The third-order valence-corrected chi connectivity index (χ3v) is 3.58. The summed E-state index contributed by atoms with van der Waals surface area (Å²) in [6.45, 7) is 7.90. The number of nitrogens with zero attached hydrogens (tertiary/aromatic N) is 1. The molecule has 4 heteroatoms. The molecule has 0 unspecified atom stereocenters. The van der Waals surface area contributed by atoms with Gasteiger partial charge in [0.05, 0.1) is 5.41 Å². The molecule has 1 aromatic rings. The SMILES string of the molecule is CC(C)(NCc1ccncc1)C(C)(C)C(=O)O. The van der Waals surface area contributed by atoms with Gasteiger partial charge in [-0.3, -0.25) is 9.78 Å². The fourth-order valence-corrected chi connectivity index (χ4v) is 1.31. The van der Waals surface area contributed by atoms with Crippen LogP contribution in [-0.4, -0.2) is 21.6 Å². The zero-order valence-electron chi connectivity index (χ0n) is 10.8. The van der Waals surface area contributed by atoms with Crippen molar-refractivity contribution in [3.8, 4) is 0 Å². The van der Waals surface area contributed by atoms with Gasteiger partial charge >= 0.3 is 5.97 Å². The molecule has 4 nitrogen and oxygen atoms in total. The second kappa shape index (κ2) is 4.84. The highest BCUT2D eigenvalue weighted by Gasteiger charge is 2.42. The normalized spacial score (nSPS) is 12.5. The van der Waals surface area contributed by atoms with Crippen molar-refractivity contribution in [1.29, 1.82) is 0 Å². The van der Waals surface area contributed by atoms with Crippen molar-refractivity contribution in [1.82, 2.24) is 10.3 Å². The summed E-state index contributed by atoms with van der Waals surface area (Å²) in [7, 11) is 0. The lowest BCUT2D eigenvalue weighted by Gasteiger charge is -2.39. The van der Waals surface area contributed by atoms with Gasteiger partial charge in [-0.25, -0.2) is 0 Å². The Kier molecular flexibility index (Phi) is 3.88. The number of carboxylic acid groups (broad SMARTS) is 1. The number of pyridine rings is 1. The largest absolute Gasteiger partial charge is 0.481 e. The lowest BCUT2D eigenvalue weighted by Crippen LogP contribution is -2.54. The zero-order valence-corrected chi connectivity index (χ0v) is 10.8. The number of aliphatic carboxylic acids is 1. The standard InChI is InChI=1S/C13H20N2O2/c1-12(2,11(16)17)13(3,4)15-9-10-5-7-14-8-6-10/h5-8,15H,9H2,1-4H3,(H,16,17). The lowest BCUT2D eigenvalue weighted by atomic mass is 9.74. The Morgan fingerprint density at radius 2 is 1.82 bits per heavy atom. The van der Waals surface area contributed by atoms with E-state index >= 15 is 0 Å². The molecule has 0 bridgehead atoms. The summed E-state index contributed by atoms with van der Waals surface area (Å²) in [5, 5.41) is 12.5. The molecular weight excluding hydrogens is 216 g/mol. The maximum Gasteiger partial charge on any atom is 0.310 e. The van der Waals surface area contributed by atoms with Crippen molar-refractivity contribution < 1.29 is 9.90 Å². The minimum absolute atomic E-state index is 0.498. The Bertz CT molecular complexity index is 386. The van der Waals surface area contributed by atoms with Gasteiger partial charge in [0.15, 0.2) is 0 Å². The topological polar surface area (TPSA) is 62.2 Å². The first-order valence-corrected chi connectivity index (χ1v) is 5.65. The molecule has 0 aliphatic rings. The third kappa shape index (κ3) is 3.03. The van der Waals surface area contributed by atoms with Crippen molar-refractivity contribution in [3.63, 3.8) is 0 Å². The average Bonchev–Trinajstić information content (AvgIpc) is 2.27. The molecule has 1 heterocycles. The monoisotopic (exact) mass is 236 g/mol. The van der Waals surface area contributed by atoms with Crippen LogP contribution in [0.15, 0.2) is 24.5 Å². The molecule has 0 aliphatic heterocycles. The fourth-order valence-electron chi connectivity index (χ4n) is 1.31. The molecule has 1 rings (SSSR count). The van der Waals surface area contributed by atoms with Crippen molar-refractivity contribution in [2.45, 2.75) is 39.8 Å². The first-order valence-electron chi connectivity index (χ1n) is 5.65. The van der Waals surface area contributed by atoms with E-state index in [0.29, 0.717) is 6.54 Å². The Labute approximate surface area is 102 Å². The Morgan fingerprint density at radius 1 is 1.29 bits per heavy atom. The Morgan fingerprint density at radius 3 is 2.29 bits per heavy atom. The minimum Gasteiger partial charge on any atom is -0.481 e. The molecule has 0 atom stereocenters. The number of carbonyl (C=O) groups is 1. The molecule has 0 spiro atoms. The van der Waals surface area contributed by atoms with Gasteiger partial charge in [0.2, 0.25) is 0 Å². The van der Waals surface area contributed by atoms with Crippen LogP contribution in [0.2, 0.25) is 0 Å². The van der Waals surface area contributed by atoms with Gasteiger partial charge < -0.3 is 10.4 Å². The van der Waals surface area contributed by atoms with Crippen LogP contribution >= 0.6 is 0 Å². The van der Waals surface area contributed by atoms with Gasteiger partial charge in [0.25, 0.3) is 0 Å². The first kappa shape index (κ1) is 13.6. The summed E-state index contributed by atoms with van der Waals surface area (Å²) in [5.74, 6) is -0.801. The average molecular weight is 236 g/mol. The highest BCUT2D eigenvalue weighted by molar-refractivity contribution is 5.75. The summed E-state index contributed by atoms with van der Waals surface area (Å²) >= 11 is 0. The highest BCUT2D eigenvalue weighted by atomic mass is 16.4. The smallest absolute Gasteiger partial charge is 0.310 e. The fraction of sp³-hybridized carbons (Fsp3) is 0.538.